The number of carboxylic acids is 1. The number of anilines is 1. The lowest BCUT2D eigenvalue weighted by molar-refractivity contribution is -0.131. The average Bonchev–Trinajstić information content (AvgIpc) is 2.85. The van der Waals surface area contributed by atoms with Crippen LogP contribution < -0.4 is 4.90 Å². The van der Waals surface area contributed by atoms with Gasteiger partial charge >= 0.3 is 5.97 Å². The van der Waals surface area contributed by atoms with Crippen molar-refractivity contribution in [3.8, 4) is 0 Å². The van der Waals surface area contributed by atoms with Gasteiger partial charge in [0.1, 0.15) is 0 Å². The van der Waals surface area contributed by atoms with Crippen LogP contribution in [0.5, 0.6) is 0 Å². The third-order valence-electron chi connectivity index (χ3n) is 3.16. The van der Waals surface area contributed by atoms with E-state index in [1.807, 2.05) is 24.3 Å². The van der Waals surface area contributed by atoms with Crippen LogP contribution in [0.15, 0.2) is 30.3 Å². The number of para-hydroxylation sites is 1. The minimum Gasteiger partial charge on any atom is -0.478 e. The lowest BCUT2D eigenvalue weighted by atomic mass is 10.1. The summed E-state index contributed by atoms with van der Waals surface area (Å²) in [5.74, 6) is -0.930. The van der Waals surface area contributed by atoms with E-state index >= 15 is 0 Å². The molecule has 96 valence electrons. The number of carbonyl (C=O) groups is 1. The van der Waals surface area contributed by atoms with Gasteiger partial charge in [-0.3, -0.25) is 0 Å². The molecule has 0 saturated carbocycles. The Balaban J connectivity index is 2.20. The first-order chi connectivity index (χ1) is 8.70. The summed E-state index contributed by atoms with van der Waals surface area (Å²) < 4.78 is 5.35. The number of ether oxygens (including phenoxy) is 1. The normalized spacial score (nSPS) is 19.6. The second-order valence-electron chi connectivity index (χ2n) is 4.32. The second kappa shape index (κ2) is 5.69. The number of aliphatic carboxylic acids is 1. The maximum Gasteiger partial charge on any atom is 0.328 e. The van der Waals surface area contributed by atoms with Crippen molar-refractivity contribution in [1.29, 1.82) is 0 Å². The van der Waals surface area contributed by atoms with E-state index in [-0.39, 0.29) is 6.10 Å². The molecule has 1 aromatic rings. The molecule has 1 aliphatic heterocycles. The molecule has 0 aliphatic carbocycles. The molecule has 0 radical (unpaired) electrons. The van der Waals surface area contributed by atoms with E-state index in [0.29, 0.717) is 0 Å². The molecule has 4 nitrogen and oxygen atoms in total. The molecule has 0 bridgehead atoms. The van der Waals surface area contributed by atoms with E-state index in [1.165, 1.54) is 6.08 Å². The Bertz CT molecular complexity index is 456. The molecule has 1 aliphatic rings. The van der Waals surface area contributed by atoms with Gasteiger partial charge in [0, 0.05) is 32.0 Å². The Kier molecular flexibility index (Phi) is 3.99. The highest BCUT2D eigenvalue weighted by Crippen LogP contribution is 2.26. The third kappa shape index (κ3) is 2.90. The number of benzene rings is 1. The number of carboxylic acid groups (broad SMARTS) is 1. The summed E-state index contributed by atoms with van der Waals surface area (Å²) in [6.07, 6.45) is 4.08. The van der Waals surface area contributed by atoms with Crippen LogP contribution in [0, 0.1) is 0 Å². The van der Waals surface area contributed by atoms with Crippen LogP contribution in [-0.2, 0) is 9.53 Å². The smallest absolute Gasteiger partial charge is 0.328 e. The minimum absolute atomic E-state index is 0.265. The third-order valence-corrected chi connectivity index (χ3v) is 3.16. The fourth-order valence-corrected chi connectivity index (χ4v) is 2.22. The van der Waals surface area contributed by atoms with E-state index in [0.717, 1.165) is 30.8 Å². The molecule has 2 rings (SSSR count). The van der Waals surface area contributed by atoms with Crippen molar-refractivity contribution < 1.29 is 14.6 Å². The highest BCUT2D eigenvalue weighted by molar-refractivity contribution is 5.87. The summed E-state index contributed by atoms with van der Waals surface area (Å²) in [5, 5.41) is 8.69. The summed E-state index contributed by atoms with van der Waals surface area (Å²) in [7, 11) is 1.73. The SMILES string of the molecule is COC1CCN(c2ccccc2/C=C/C(=O)O)C1. The summed E-state index contributed by atoms with van der Waals surface area (Å²) in [4.78, 5) is 12.8. The summed E-state index contributed by atoms with van der Waals surface area (Å²) in [6.45, 7) is 1.80. The predicted octanol–water partition coefficient (Wildman–Crippen LogP) is 2.01. The molecule has 0 aromatic heterocycles. The monoisotopic (exact) mass is 247 g/mol. The van der Waals surface area contributed by atoms with E-state index in [9.17, 15) is 4.79 Å². The molecular weight excluding hydrogens is 230 g/mol. The van der Waals surface area contributed by atoms with Crippen LogP contribution in [0.4, 0.5) is 5.69 Å². The highest BCUT2D eigenvalue weighted by Gasteiger charge is 2.23. The topological polar surface area (TPSA) is 49.8 Å². The molecule has 1 saturated heterocycles. The van der Waals surface area contributed by atoms with Gasteiger partial charge in [-0.2, -0.15) is 0 Å². The zero-order chi connectivity index (χ0) is 13.0. The molecule has 1 fully saturated rings. The van der Waals surface area contributed by atoms with Gasteiger partial charge in [0.25, 0.3) is 0 Å². The van der Waals surface area contributed by atoms with Crippen molar-refractivity contribution >= 4 is 17.7 Å². The van der Waals surface area contributed by atoms with Crippen LogP contribution in [-0.4, -0.2) is 37.4 Å². The van der Waals surface area contributed by atoms with Crippen LogP contribution in [0.3, 0.4) is 0 Å². The summed E-state index contributed by atoms with van der Waals surface area (Å²) in [5.41, 5.74) is 1.99. The molecule has 1 aromatic carbocycles. The van der Waals surface area contributed by atoms with Crippen molar-refractivity contribution in [1.82, 2.24) is 0 Å². The van der Waals surface area contributed by atoms with Crippen molar-refractivity contribution in [2.75, 3.05) is 25.1 Å². The molecule has 0 amide bonds. The number of methoxy groups -OCH3 is 1. The van der Waals surface area contributed by atoms with E-state index in [1.54, 1.807) is 13.2 Å². The maximum atomic E-state index is 10.6. The Morgan fingerprint density at radius 1 is 1.50 bits per heavy atom. The molecule has 18 heavy (non-hydrogen) atoms. The predicted molar refractivity (Wildman–Crippen MR) is 70.7 cm³/mol. The quantitative estimate of drug-likeness (QED) is 0.827. The summed E-state index contributed by atoms with van der Waals surface area (Å²) >= 11 is 0. The standard InChI is InChI=1S/C14H17NO3/c1-18-12-8-9-15(10-12)13-5-3-2-4-11(13)6-7-14(16)17/h2-7,12H,8-10H2,1H3,(H,16,17)/b7-6+. The first-order valence-electron chi connectivity index (χ1n) is 5.98. The van der Waals surface area contributed by atoms with Gasteiger partial charge in [0.15, 0.2) is 0 Å². The van der Waals surface area contributed by atoms with Crippen LogP contribution in [0.25, 0.3) is 6.08 Å². The number of rotatable bonds is 4. The largest absolute Gasteiger partial charge is 0.478 e. The fourth-order valence-electron chi connectivity index (χ4n) is 2.22. The van der Waals surface area contributed by atoms with Gasteiger partial charge in [-0.15, -0.1) is 0 Å². The van der Waals surface area contributed by atoms with Gasteiger partial charge in [-0.1, -0.05) is 18.2 Å². The van der Waals surface area contributed by atoms with E-state index < -0.39 is 5.97 Å². The lowest BCUT2D eigenvalue weighted by Crippen LogP contribution is -2.22. The van der Waals surface area contributed by atoms with Gasteiger partial charge in [-0.25, -0.2) is 4.79 Å². The number of nitrogens with zero attached hydrogens (tertiary/aromatic N) is 1. The molecule has 4 heteroatoms. The lowest BCUT2D eigenvalue weighted by Gasteiger charge is -2.20. The van der Waals surface area contributed by atoms with E-state index in [4.69, 9.17) is 9.84 Å². The minimum atomic E-state index is -0.930. The van der Waals surface area contributed by atoms with Crippen molar-refractivity contribution in [3.63, 3.8) is 0 Å². The Hall–Kier alpha value is -1.81. The maximum absolute atomic E-state index is 10.6. The van der Waals surface area contributed by atoms with Crippen LogP contribution in [0.1, 0.15) is 12.0 Å². The summed E-state index contributed by atoms with van der Waals surface area (Å²) in [6, 6.07) is 7.82. The molecule has 1 heterocycles. The highest BCUT2D eigenvalue weighted by atomic mass is 16.5. The molecule has 1 N–H and O–H groups in total. The Morgan fingerprint density at radius 2 is 2.28 bits per heavy atom. The first-order valence-corrected chi connectivity index (χ1v) is 5.98. The van der Waals surface area contributed by atoms with Crippen LogP contribution in [0.2, 0.25) is 0 Å². The Morgan fingerprint density at radius 3 is 2.94 bits per heavy atom. The van der Waals surface area contributed by atoms with E-state index in [2.05, 4.69) is 4.90 Å². The van der Waals surface area contributed by atoms with Crippen molar-refractivity contribution in [2.24, 2.45) is 0 Å². The molecular formula is C14H17NO3. The van der Waals surface area contributed by atoms with Gasteiger partial charge in [-0.05, 0) is 24.1 Å². The average molecular weight is 247 g/mol. The number of hydrogen-bond donors (Lipinski definition) is 1. The second-order valence-corrected chi connectivity index (χ2v) is 4.32. The first kappa shape index (κ1) is 12.6. The van der Waals surface area contributed by atoms with Crippen molar-refractivity contribution in [3.05, 3.63) is 35.9 Å². The van der Waals surface area contributed by atoms with Crippen molar-refractivity contribution in [2.45, 2.75) is 12.5 Å². The van der Waals surface area contributed by atoms with Gasteiger partial charge < -0.3 is 14.7 Å². The number of hydrogen-bond acceptors (Lipinski definition) is 3. The van der Waals surface area contributed by atoms with Gasteiger partial charge in [0.05, 0.1) is 6.10 Å². The molecule has 0 spiro atoms. The zero-order valence-electron chi connectivity index (χ0n) is 10.4. The molecule has 1 unspecified atom stereocenters. The fraction of sp³-hybridized carbons (Fsp3) is 0.357. The van der Waals surface area contributed by atoms with Gasteiger partial charge in [0.2, 0.25) is 0 Å². The Labute approximate surface area is 106 Å². The molecule has 1 atom stereocenters. The zero-order valence-corrected chi connectivity index (χ0v) is 10.4. The van der Waals surface area contributed by atoms with Crippen LogP contribution >= 0.6 is 0 Å².